The molecule has 1 amide bonds. The number of nitrogens with zero attached hydrogens (tertiary/aromatic N) is 4. The second-order valence-corrected chi connectivity index (χ2v) is 6.98. The molecule has 1 aromatic heterocycles. The van der Waals surface area contributed by atoms with E-state index in [2.05, 4.69) is 23.8 Å². The molecule has 1 aromatic rings. The molecular weight excluding hydrogens is 292 g/mol. The molecule has 3 heterocycles. The Kier molecular flexibility index (Phi) is 4.53. The summed E-state index contributed by atoms with van der Waals surface area (Å²) in [7, 11) is 0. The third kappa shape index (κ3) is 3.32. The lowest BCUT2D eigenvalue weighted by Gasteiger charge is -2.40. The quantitative estimate of drug-likeness (QED) is 0.916. The van der Waals surface area contributed by atoms with Gasteiger partial charge in [0.2, 0.25) is 0 Å². The van der Waals surface area contributed by atoms with Crippen molar-refractivity contribution in [1.82, 2.24) is 14.9 Å². The summed E-state index contributed by atoms with van der Waals surface area (Å²) in [6, 6.07) is 1.86. The molecule has 6 heteroatoms. The van der Waals surface area contributed by atoms with Crippen molar-refractivity contribution in [3.8, 4) is 0 Å². The van der Waals surface area contributed by atoms with Crippen molar-refractivity contribution in [2.75, 3.05) is 31.1 Å². The highest BCUT2D eigenvalue weighted by atomic mass is 16.3. The van der Waals surface area contributed by atoms with Crippen LogP contribution in [0.5, 0.6) is 0 Å². The summed E-state index contributed by atoms with van der Waals surface area (Å²) in [4.78, 5) is 25.4. The van der Waals surface area contributed by atoms with Crippen LogP contribution in [0.15, 0.2) is 12.3 Å². The highest BCUT2D eigenvalue weighted by molar-refractivity contribution is 5.86. The molecule has 0 unspecified atom stereocenters. The van der Waals surface area contributed by atoms with Gasteiger partial charge >= 0.3 is 0 Å². The van der Waals surface area contributed by atoms with Crippen molar-refractivity contribution >= 4 is 11.7 Å². The summed E-state index contributed by atoms with van der Waals surface area (Å²) >= 11 is 0. The van der Waals surface area contributed by atoms with Crippen LogP contribution in [-0.2, 0) is 4.79 Å². The summed E-state index contributed by atoms with van der Waals surface area (Å²) in [5.41, 5.74) is -1.29. The zero-order chi connectivity index (χ0) is 16.4. The predicted octanol–water partition coefficient (Wildman–Crippen LogP) is 1.55. The Balaban J connectivity index is 1.77. The van der Waals surface area contributed by atoms with E-state index in [9.17, 15) is 9.90 Å². The van der Waals surface area contributed by atoms with Crippen LogP contribution in [0, 0.1) is 0 Å². The van der Waals surface area contributed by atoms with E-state index in [0.29, 0.717) is 13.0 Å². The first-order valence-electron chi connectivity index (χ1n) is 8.59. The summed E-state index contributed by atoms with van der Waals surface area (Å²) in [6.07, 6.45) is 5.15. The number of aliphatic hydroxyl groups is 1. The third-order valence-corrected chi connectivity index (χ3v) is 4.76. The van der Waals surface area contributed by atoms with Crippen molar-refractivity contribution in [2.45, 2.75) is 51.0 Å². The standard InChI is InChI=1S/C17H26N4O2/c1-13(2)15-18-8-6-14(19-15)21-11-5-7-17(23,12-21)16(22)20-9-3-4-10-20/h6,8,13,23H,3-5,7,9-12H2,1-2H3/t17-/m0/s1. The first-order valence-corrected chi connectivity index (χ1v) is 8.59. The van der Waals surface area contributed by atoms with Gasteiger partial charge in [-0.1, -0.05) is 13.8 Å². The highest BCUT2D eigenvalue weighted by Gasteiger charge is 2.43. The van der Waals surface area contributed by atoms with Gasteiger partial charge in [0.1, 0.15) is 11.6 Å². The summed E-state index contributed by atoms with van der Waals surface area (Å²) < 4.78 is 0. The SMILES string of the molecule is CC(C)c1nccc(N2CCC[C@@](O)(C(=O)N3CCCC3)C2)n1. The first kappa shape index (κ1) is 16.2. The van der Waals surface area contributed by atoms with Gasteiger partial charge in [-0.15, -0.1) is 0 Å². The number of β-amino-alcohol motifs (C(OH)–C–C–N with tert-alkyl or cyclic N) is 1. The van der Waals surface area contributed by atoms with Crippen molar-refractivity contribution in [2.24, 2.45) is 0 Å². The fourth-order valence-electron chi connectivity index (χ4n) is 3.44. The van der Waals surface area contributed by atoms with Crippen molar-refractivity contribution in [3.63, 3.8) is 0 Å². The number of hydrogen-bond acceptors (Lipinski definition) is 5. The van der Waals surface area contributed by atoms with Gasteiger partial charge in [-0.25, -0.2) is 9.97 Å². The number of anilines is 1. The van der Waals surface area contributed by atoms with E-state index in [-0.39, 0.29) is 11.8 Å². The second kappa shape index (κ2) is 6.43. The lowest BCUT2D eigenvalue weighted by molar-refractivity contribution is -0.151. The molecule has 126 valence electrons. The number of hydrogen-bond donors (Lipinski definition) is 1. The van der Waals surface area contributed by atoms with Gasteiger partial charge in [0, 0.05) is 31.7 Å². The molecule has 6 nitrogen and oxygen atoms in total. The molecule has 0 spiro atoms. The second-order valence-electron chi connectivity index (χ2n) is 6.98. The monoisotopic (exact) mass is 318 g/mol. The van der Waals surface area contributed by atoms with Crippen LogP contribution >= 0.6 is 0 Å². The van der Waals surface area contributed by atoms with Crippen LogP contribution in [0.4, 0.5) is 5.82 Å². The number of piperidine rings is 1. The van der Waals surface area contributed by atoms with Crippen molar-refractivity contribution in [1.29, 1.82) is 0 Å². The number of amides is 1. The van der Waals surface area contributed by atoms with E-state index in [1.807, 2.05) is 15.9 Å². The molecule has 2 fully saturated rings. The fraction of sp³-hybridized carbons (Fsp3) is 0.706. The van der Waals surface area contributed by atoms with Crippen molar-refractivity contribution < 1.29 is 9.90 Å². The average Bonchev–Trinajstić information content (AvgIpc) is 3.08. The van der Waals surface area contributed by atoms with Crippen LogP contribution in [0.1, 0.15) is 51.3 Å². The molecule has 0 aromatic carbocycles. The molecule has 2 saturated heterocycles. The van der Waals surface area contributed by atoms with Crippen LogP contribution in [0.3, 0.4) is 0 Å². The maximum absolute atomic E-state index is 12.7. The Bertz CT molecular complexity index is 571. The van der Waals surface area contributed by atoms with Crippen LogP contribution < -0.4 is 4.90 Å². The molecule has 0 radical (unpaired) electrons. The molecule has 1 N–H and O–H groups in total. The predicted molar refractivity (Wildman–Crippen MR) is 88.3 cm³/mol. The van der Waals surface area contributed by atoms with Gasteiger partial charge < -0.3 is 14.9 Å². The van der Waals surface area contributed by atoms with Crippen LogP contribution in [0.2, 0.25) is 0 Å². The number of likely N-dealkylation sites (tertiary alicyclic amines) is 1. The first-order chi connectivity index (χ1) is 11.0. The van der Waals surface area contributed by atoms with Gasteiger partial charge in [-0.2, -0.15) is 0 Å². The van der Waals surface area contributed by atoms with E-state index in [1.165, 1.54) is 0 Å². The van der Waals surface area contributed by atoms with E-state index in [4.69, 9.17) is 0 Å². The molecule has 3 rings (SSSR count). The molecular formula is C17H26N4O2. The van der Waals surface area contributed by atoms with Crippen LogP contribution in [0.25, 0.3) is 0 Å². The van der Waals surface area contributed by atoms with E-state index in [0.717, 1.165) is 50.5 Å². The number of carbonyl (C=O) groups excluding carboxylic acids is 1. The minimum Gasteiger partial charge on any atom is -0.378 e. The minimum absolute atomic E-state index is 0.113. The van der Waals surface area contributed by atoms with Gasteiger partial charge in [-0.3, -0.25) is 4.79 Å². The molecule has 1 atom stereocenters. The van der Waals surface area contributed by atoms with Gasteiger partial charge in [0.25, 0.3) is 5.91 Å². The van der Waals surface area contributed by atoms with Gasteiger partial charge in [0.15, 0.2) is 5.60 Å². The number of carbonyl (C=O) groups is 1. The maximum atomic E-state index is 12.7. The zero-order valence-electron chi connectivity index (χ0n) is 14.0. The maximum Gasteiger partial charge on any atom is 0.256 e. The van der Waals surface area contributed by atoms with Gasteiger partial charge in [-0.05, 0) is 31.7 Å². The Labute approximate surface area is 137 Å². The summed E-state index contributed by atoms with van der Waals surface area (Å²) in [5.74, 6) is 1.74. The zero-order valence-corrected chi connectivity index (χ0v) is 14.0. The Hall–Kier alpha value is -1.69. The number of rotatable bonds is 3. The Morgan fingerprint density at radius 3 is 2.70 bits per heavy atom. The lowest BCUT2D eigenvalue weighted by Crippen LogP contribution is -2.58. The Morgan fingerprint density at radius 1 is 1.26 bits per heavy atom. The summed E-state index contributed by atoms with van der Waals surface area (Å²) in [5, 5.41) is 10.9. The van der Waals surface area contributed by atoms with Crippen molar-refractivity contribution in [3.05, 3.63) is 18.1 Å². The molecule has 0 bridgehead atoms. The fourth-order valence-corrected chi connectivity index (χ4v) is 3.44. The smallest absolute Gasteiger partial charge is 0.256 e. The Morgan fingerprint density at radius 2 is 2.00 bits per heavy atom. The molecule has 2 aliphatic heterocycles. The van der Waals surface area contributed by atoms with E-state index >= 15 is 0 Å². The largest absolute Gasteiger partial charge is 0.378 e. The topological polar surface area (TPSA) is 69.6 Å². The minimum atomic E-state index is -1.29. The normalized spacial score (nSPS) is 25.2. The average molecular weight is 318 g/mol. The number of aromatic nitrogens is 2. The summed E-state index contributed by atoms with van der Waals surface area (Å²) in [6.45, 7) is 6.78. The van der Waals surface area contributed by atoms with Gasteiger partial charge in [0.05, 0.1) is 6.54 Å². The molecule has 23 heavy (non-hydrogen) atoms. The third-order valence-electron chi connectivity index (χ3n) is 4.76. The molecule has 0 saturated carbocycles. The van der Waals surface area contributed by atoms with E-state index < -0.39 is 5.60 Å². The molecule has 2 aliphatic rings. The van der Waals surface area contributed by atoms with E-state index in [1.54, 1.807) is 6.20 Å². The highest BCUT2D eigenvalue weighted by Crippen LogP contribution is 2.28. The lowest BCUT2D eigenvalue weighted by atomic mass is 9.91. The van der Waals surface area contributed by atoms with Crippen LogP contribution in [-0.4, -0.2) is 57.7 Å². The molecule has 0 aliphatic carbocycles.